The Kier molecular flexibility index (Phi) is 3.57. The third kappa shape index (κ3) is 2.51. The van der Waals surface area contributed by atoms with Gasteiger partial charge in [-0.25, -0.2) is 0 Å². The van der Waals surface area contributed by atoms with Crippen LogP contribution in [0.1, 0.15) is 19.3 Å². The molecule has 0 atom stereocenters. The lowest BCUT2D eigenvalue weighted by atomic mass is 9.96. The minimum atomic E-state index is -1.00. The summed E-state index contributed by atoms with van der Waals surface area (Å²) in [5, 5.41) is 4.21. The van der Waals surface area contributed by atoms with Crippen LogP contribution < -0.4 is 0 Å². The summed E-state index contributed by atoms with van der Waals surface area (Å²) in [6.45, 7) is 4.25. The first-order chi connectivity index (χ1) is 6.52. The summed E-state index contributed by atoms with van der Waals surface area (Å²) in [6.07, 6.45) is 1.80. The summed E-state index contributed by atoms with van der Waals surface area (Å²) in [4.78, 5) is 22.5. The second kappa shape index (κ2) is 4.50. The van der Waals surface area contributed by atoms with Gasteiger partial charge in [-0.15, -0.1) is 0 Å². The second-order valence-electron chi connectivity index (χ2n) is 3.82. The van der Waals surface area contributed by atoms with E-state index in [1.807, 2.05) is 11.7 Å². The van der Waals surface area contributed by atoms with E-state index in [4.69, 9.17) is 0 Å². The zero-order valence-electron chi connectivity index (χ0n) is 8.91. The lowest BCUT2D eigenvalue weighted by molar-refractivity contribution is -0.133. The molecule has 0 heterocycles. The highest BCUT2D eigenvalue weighted by atomic mass is 28.3. The molecule has 0 amide bonds. The van der Waals surface area contributed by atoms with E-state index in [0.717, 1.165) is 6.42 Å². The van der Waals surface area contributed by atoms with E-state index >= 15 is 0 Å². The summed E-state index contributed by atoms with van der Waals surface area (Å²) in [6, 6.07) is 0. The normalized spacial score (nSPS) is 20.7. The van der Waals surface area contributed by atoms with Crippen molar-refractivity contribution >= 4 is 26.2 Å². The van der Waals surface area contributed by atoms with Crippen LogP contribution in [0.3, 0.4) is 0 Å². The predicted octanol–water partition coefficient (Wildman–Crippen LogP) is 0.580. The maximum absolute atomic E-state index is 11.4. The number of rotatable bonds is 2. The topological polar surface area (TPSA) is 49.7 Å². The first-order valence-electron chi connectivity index (χ1n) is 4.90. The van der Waals surface area contributed by atoms with Gasteiger partial charge in [-0.2, -0.15) is 5.10 Å². The molecule has 14 heavy (non-hydrogen) atoms. The van der Waals surface area contributed by atoms with E-state index in [9.17, 15) is 9.59 Å². The number of Topliss-reactive ketones (excluding diaryl/α,β-unsaturated/α-hetero) is 2. The molecular formula is C9H16N2O2Si. The molecule has 0 aromatic rings. The van der Waals surface area contributed by atoms with Crippen LogP contribution in [0.25, 0.3) is 0 Å². The van der Waals surface area contributed by atoms with Crippen LogP contribution in [0.15, 0.2) is 5.10 Å². The van der Waals surface area contributed by atoms with Crippen molar-refractivity contribution < 1.29 is 9.59 Å². The molecule has 0 saturated heterocycles. The van der Waals surface area contributed by atoms with Gasteiger partial charge in [0.25, 0.3) is 0 Å². The molecule has 0 unspecified atom stereocenters. The third-order valence-electron chi connectivity index (χ3n) is 2.36. The van der Waals surface area contributed by atoms with Crippen molar-refractivity contribution in [1.82, 2.24) is 4.67 Å². The zero-order chi connectivity index (χ0) is 10.7. The Morgan fingerprint density at radius 1 is 1.29 bits per heavy atom. The maximum atomic E-state index is 11.4. The number of hydrogen-bond acceptors (Lipinski definition) is 4. The summed E-state index contributed by atoms with van der Waals surface area (Å²) in [5.74, 6) is -0.661. The molecule has 0 bridgehead atoms. The lowest BCUT2D eigenvalue weighted by Crippen LogP contribution is -2.33. The summed E-state index contributed by atoms with van der Waals surface area (Å²) >= 11 is 0. The van der Waals surface area contributed by atoms with E-state index in [2.05, 4.69) is 18.2 Å². The standard InChI is InChI=1S/C9H16N2O2Si/c1-11(14(2)3)10-7-5-4-6-8(12)9(7)13/h14H,4-6H2,1-3H3. The molecule has 0 aromatic carbocycles. The second-order valence-corrected chi connectivity index (χ2v) is 6.75. The fourth-order valence-corrected chi connectivity index (χ4v) is 1.58. The average molecular weight is 212 g/mol. The van der Waals surface area contributed by atoms with Crippen LogP contribution >= 0.6 is 0 Å². The van der Waals surface area contributed by atoms with Crippen LogP contribution in [-0.2, 0) is 9.59 Å². The predicted molar refractivity (Wildman–Crippen MR) is 57.9 cm³/mol. The number of hydrogen-bond donors (Lipinski definition) is 0. The minimum absolute atomic E-state index is 0.283. The molecular weight excluding hydrogens is 196 g/mol. The van der Waals surface area contributed by atoms with Crippen LogP contribution in [0.4, 0.5) is 0 Å². The van der Waals surface area contributed by atoms with Gasteiger partial charge in [0.05, 0.1) is 0 Å². The Morgan fingerprint density at radius 2 is 1.93 bits per heavy atom. The first-order valence-corrected chi connectivity index (χ1v) is 7.72. The van der Waals surface area contributed by atoms with Gasteiger partial charge in [-0.05, 0) is 12.8 Å². The van der Waals surface area contributed by atoms with Crippen molar-refractivity contribution in [2.24, 2.45) is 5.10 Å². The van der Waals surface area contributed by atoms with Crippen LogP contribution in [0, 0.1) is 0 Å². The molecule has 1 aliphatic rings. The fourth-order valence-electron chi connectivity index (χ4n) is 1.21. The van der Waals surface area contributed by atoms with Gasteiger partial charge in [0.15, 0.2) is 8.96 Å². The van der Waals surface area contributed by atoms with Gasteiger partial charge in [0.1, 0.15) is 5.71 Å². The van der Waals surface area contributed by atoms with Crippen LogP contribution in [0.2, 0.25) is 13.1 Å². The number of carbonyl (C=O) groups is 2. The number of hydrazone groups is 1. The molecule has 4 nitrogen and oxygen atoms in total. The smallest absolute Gasteiger partial charge is 0.244 e. The van der Waals surface area contributed by atoms with Crippen LogP contribution in [0.5, 0.6) is 0 Å². The van der Waals surface area contributed by atoms with Gasteiger partial charge in [0, 0.05) is 13.5 Å². The molecule has 0 aromatic heterocycles. The van der Waals surface area contributed by atoms with E-state index in [1.54, 1.807) is 0 Å². The molecule has 1 saturated carbocycles. The van der Waals surface area contributed by atoms with Crippen molar-refractivity contribution in [3.05, 3.63) is 0 Å². The Labute approximate surface area is 85.7 Å². The quantitative estimate of drug-likeness (QED) is 0.382. The van der Waals surface area contributed by atoms with E-state index in [-0.39, 0.29) is 11.6 Å². The van der Waals surface area contributed by atoms with Gasteiger partial charge in [-0.3, -0.25) is 9.59 Å². The van der Waals surface area contributed by atoms with E-state index in [1.165, 1.54) is 0 Å². The summed E-state index contributed by atoms with van der Waals surface area (Å²) < 4.78 is 1.85. The summed E-state index contributed by atoms with van der Waals surface area (Å²) in [7, 11) is 0.870. The Hall–Kier alpha value is -0.973. The van der Waals surface area contributed by atoms with Gasteiger partial charge < -0.3 is 4.67 Å². The molecule has 0 N–H and O–H groups in total. The Bertz CT molecular complexity index is 287. The Balaban J connectivity index is 2.76. The van der Waals surface area contributed by atoms with Crippen molar-refractivity contribution in [2.75, 3.05) is 7.05 Å². The van der Waals surface area contributed by atoms with Crippen molar-refractivity contribution in [1.29, 1.82) is 0 Å². The van der Waals surface area contributed by atoms with Crippen LogP contribution in [-0.4, -0.2) is 38.0 Å². The van der Waals surface area contributed by atoms with Gasteiger partial charge in [-0.1, -0.05) is 13.1 Å². The van der Waals surface area contributed by atoms with Gasteiger partial charge in [0.2, 0.25) is 11.6 Å². The van der Waals surface area contributed by atoms with Crippen molar-refractivity contribution in [2.45, 2.75) is 32.4 Å². The first kappa shape index (κ1) is 11.1. The van der Waals surface area contributed by atoms with Gasteiger partial charge >= 0.3 is 0 Å². The number of carbonyl (C=O) groups excluding carboxylic acids is 2. The minimum Gasteiger partial charge on any atom is -0.331 e. The SMILES string of the molecule is CN(N=C1CCCC(=O)C1=O)[SiH](C)C. The largest absolute Gasteiger partial charge is 0.331 e. The zero-order valence-corrected chi connectivity index (χ0v) is 10.1. The average Bonchev–Trinajstić information content (AvgIpc) is 2.12. The highest BCUT2D eigenvalue weighted by Crippen LogP contribution is 2.10. The van der Waals surface area contributed by atoms with E-state index < -0.39 is 8.96 Å². The number of ketones is 2. The number of nitrogens with zero attached hydrogens (tertiary/aromatic N) is 2. The molecule has 1 aliphatic carbocycles. The monoisotopic (exact) mass is 212 g/mol. The van der Waals surface area contributed by atoms with Crippen molar-refractivity contribution in [3.8, 4) is 0 Å². The molecule has 1 fully saturated rings. The highest BCUT2D eigenvalue weighted by molar-refractivity contribution is 6.66. The molecule has 1 rings (SSSR count). The summed E-state index contributed by atoms with van der Waals surface area (Å²) in [5.41, 5.74) is 0.449. The molecule has 0 aliphatic heterocycles. The molecule has 0 radical (unpaired) electrons. The Morgan fingerprint density at radius 3 is 2.50 bits per heavy atom. The highest BCUT2D eigenvalue weighted by Gasteiger charge is 2.25. The fraction of sp³-hybridized carbons (Fsp3) is 0.667. The lowest BCUT2D eigenvalue weighted by Gasteiger charge is -2.19. The molecule has 5 heteroatoms. The van der Waals surface area contributed by atoms with Crippen molar-refractivity contribution in [3.63, 3.8) is 0 Å². The molecule has 0 spiro atoms. The molecule has 78 valence electrons. The van der Waals surface area contributed by atoms with E-state index in [0.29, 0.717) is 18.6 Å². The third-order valence-corrected chi connectivity index (χ3v) is 3.97. The maximum Gasteiger partial charge on any atom is 0.244 e.